The van der Waals surface area contributed by atoms with Crippen LogP contribution in [0.2, 0.25) is 0 Å². The van der Waals surface area contributed by atoms with E-state index in [0.717, 1.165) is 0 Å². The van der Waals surface area contributed by atoms with Crippen molar-refractivity contribution >= 4 is 17.8 Å². The summed E-state index contributed by atoms with van der Waals surface area (Å²) in [5.74, 6) is 0.767. The number of hydrogen-bond donors (Lipinski definition) is 0. The lowest BCUT2D eigenvalue weighted by Crippen LogP contribution is -2.43. The predicted molar refractivity (Wildman–Crippen MR) is 117 cm³/mol. The SMILES string of the molecule is COc1cccc(C(=O)/C(C#N)=C/c2ccc(OCC(=O)N3CCOCC3)c(OC)c2)c1. The van der Waals surface area contributed by atoms with Crippen molar-refractivity contribution in [2.24, 2.45) is 0 Å². The van der Waals surface area contributed by atoms with Crippen LogP contribution < -0.4 is 14.2 Å². The first-order valence-electron chi connectivity index (χ1n) is 10.0. The Bertz CT molecular complexity index is 1050. The Balaban J connectivity index is 1.74. The molecule has 1 heterocycles. The number of nitriles is 1. The van der Waals surface area contributed by atoms with Gasteiger partial charge in [0.15, 0.2) is 18.1 Å². The molecular formula is C24H24N2O6. The van der Waals surface area contributed by atoms with Gasteiger partial charge in [0.2, 0.25) is 5.78 Å². The van der Waals surface area contributed by atoms with Crippen molar-refractivity contribution in [3.05, 3.63) is 59.2 Å². The monoisotopic (exact) mass is 436 g/mol. The largest absolute Gasteiger partial charge is 0.497 e. The topological polar surface area (TPSA) is 98.1 Å². The minimum absolute atomic E-state index is 0.0310. The normalized spacial score (nSPS) is 13.8. The Morgan fingerprint density at radius 1 is 1.09 bits per heavy atom. The van der Waals surface area contributed by atoms with Gasteiger partial charge >= 0.3 is 0 Å². The maximum absolute atomic E-state index is 12.7. The van der Waals surface area contributed by atoms with E-state index >= 15 is 0 Å². The van der Waals surface area contributed by atoms with Gasteiger partial charge in [0.05, 0.1) is 27.4 Å². The number of amides is 1. The molecule has 0 unspecified atom stereocenters. The van der Waals surface area contributed by atoms with Gasteiger partial charge in [-0.2, -0.15) is 5.26 Å². The number of allylic oxidation sites excluding steroid dienone is 1. The van der Waals surface area contributed by atoms with Crippen molar-refractivity contribution in [2.45, 2.75) is 0 Å². The summed E-state index contributed by atoms with van der Waals surface area (Å²) in [5, 5.41) is 9.52. The molecule has 0 aliphatic carbocycles. The number of ketones is 1. The zero-order valence-corrected chi connectivity index (χ0v) is 18.0. The maximum Gasteiger partial charge on any atom is 0.260 e. The fraction of sp³-hybridized carbons (Fsp3) is 0.292. The number of ether oxygens (including phenoxy) is 4. The third-order valence-electron chi connectivity index (χ3n) is 4.91. The molecule has 166 valence electrons. The van der Waals surface area contributed by atoms with Crippen molar-refractivity contribution in [2.75, 3.05) is 47.1 Å². The summed E-state index contributed by atoms with van der Waals surface area (Å²) in [7, 11) is 2.99. The summed E-state index contributed by atoms with van der Waals surface area (Å²) in [5.41, 5.74) is 0.906. The number of rotatable bonds is 8. The van der Waals surface area contributed by atoms with E-state index < -0.39 is 5.78 Å². The first-order chi connectivity index (χ1) is 15.5. The van der Waals surface area contributed by atoms with Gasteiger partial charge in [-0.05, 0) is 35.9 Å². The molecule has 1 fully saturated rings. The van der Waals surface area contributed by atoms with Crippen molar-refractivity contribution in [1.82, 2.24) is 4.90 Å². The van der Waals surface area contributed by atoms with Crippen LogP contribution in [0.25, 0.3) is 6.08 Å². The second-order valence-electron chi connectivity index (χ2n) is 6.92. The van der Waals surface area contributed by atoms with Gasteiger partial charge in [-0.25, -0.2) is 0 Å². The first kappa shape index (κ1) is 22.8. The van der Waals surface area contributed by atoms with Gasteiger partial charge in [0, 0.05) is 18.7 Å². The van der Waals surface area contributed by atoms with Crippen LogP contribution >= 0.6 is 0 Å². The fourth-order valence-electron chi connectivity index (χ4n) is 3.17. The molecule has 0 atom stereocenters. The van der Waals surface area contributed by atoms with Crippen LogP contribution in [0.4, 0.5) is 0 Å². The lowest BCUT2D eigenvalue weighted by Gasteiger charge is -2.26. The summed E-state index contributed by atoms with van der Waals surface area (Å²) < 4.78 is 21.4. The lowest BCUT2D eigenvalue weighted by atomic mass is 10.0. The summed E-state index contributed by atoms with van der Waals surface area (Å²) in [6.07, 6.45) is 1.48. The Morgan fingerprint density at radius 3 is 2.56 bits per heavy atom. The number of benzene rings is 2. The average molecular weight is 436 g/mol. The van der Waals surface area contributed by atoms with Crippen LogP contribution in [0, 0.1) is 11.3 Å². The van der Waals surface area contributed by atoms with Gasteiger partial charge in [-0.3, -0.25) is 9.59 Å². The average Bonchev–Trinajstić information content (AvgIpc) is 2.86. The highest BCUT2D eigenvalue weighted by Crippen LogP contribution is 2.29. The minimum Gasteiger partial charge on any atom is -0.497 e. The third kappa shape index (κ3) is 5.65. The molecule has 1 amide bonds. The molecule has 0 radical (unpaired) electrons. The Kier molecular flexibility index (Phi) is 7.84. The van der Waals surface area contributed by atoms with E-state index in [1.54, 1.807) is 47.4 Å². The Morgan fingerprint density at radius 2 is 1.88 bits per heavy atom. The second-order valence-corrected chi connectivity index (χ2v) is 6.92. The van der Waals surface area contributed by atoms with Gasteiger partial charge < -0.3 is 23.8 Å². The Labute approximate surface area is 186 Å². The lowest BCUT2D eigenvalue weighted by molar-refractivity contribution is -0.137. The summed E-state index contributed by atoms with van der Waals surface area (Å²) in [6.45, 7) is 2.00. The highest BCUT2D eigenvalue weighted by molar-refractivity contribution is 6.14. The third-order valence-corrected chi connectivity index (χ3v) is 4.91. The van der Waals surface area contributed by atoms with Gasteiger partial charge in [0.1, 0.15) is 17.4 Å². The van der Waals surface area contributed by atoms with E-state index in [1.165, 1.54) is 20.3 Å². The minimum atomic E-state index is -0.415. The fourth-order valence-corrected chi connectivity index (χ4v) is 3.17. The quantitative estimate of drug-likeness (QED) is 0.356. The van der Waals surface area contributed by atoms with Crippen LogP contribution in [-0.4, -0.2) is 63.7 Å². The molecule has 2 aromatic carbocycles. The van der Waals surface area contributed by atoms with E-state index in [9.17, 15) is 14.9 Å². The number of carbonyl (C=O) groups is 2. The predicted octanol–water partition coefficient (Wildman–Crippen LogP) is 2.73. The molecule has 0 bridgehead atoms. The maximum atomic E-state index is 12.7. The number of carbonyl (C=O) groups excluding carboxylic acids is 2. The van der Waals surface area contributed by atoms with E-state index in [-0.39, 0.29) is 18.1 Å². The van der Waals surface area contributed by atoms with Crippen LogP contribution in [0.15, 0.2) is 48.0 Å². The molecule has 0 saturated carbocycles. The Hall–Kier alpha value is -3.83. The molecule has 3 rings (SSSR count). The number of morpholine rings is 1. The highest BCUT2D eigenvalue weighted by atomic mass is 16.5. The first-order valence-corrected chi connectivity index (χ1v) is 10.0. The van der Waals surface area contributed by atoms with E-state index in [1.807, 2.05) is 6.07 Å². The molecule has 2 aromatic rings. The second kappa shape index (κ2) is 11.0. The van der Waals surface area contributed by atoms with E-state index in [2.05, 4.69) is 0 Å². The van der Waals surface area contributed by atoms with Crippen LogP contribution in [0.1, 0.15) is 15.9 Å². The molecule has 1 saturated heterocycles. The zero-order chi connectivity index (χ0) is 22.9. The van der Waals surface area contributed by atoms with Crippen LogP contribution in [-0.2, 0) is 9.53 Å². The van der Waals surface area contributed by atoms with Crippen molar-refractivity contribution < 1.29 is 28.5 Å². The van der Waals surface area contributed by atoms with Gasteiger partial charge in [-0.15, -0.1) is 0 Å². The van der Waals surface area contributed by atoms with Crippen molar-refractivity contribution in [1.29, 1.82) is 5.26 Å². The molecule has 1 aliphatic rings. The van der Waals surface area contributed by atoms with Gasteiger partial charge in [-0.1, -0.05) is 18.2 Å². The molecule has 8 heteroatoms. The molecule has 1 aliphatic heterocycles. The molecule has 0 N–H and O–H groups in total. The molecule has 8 nitrogen and oxygen atoms in total. The molecule has 0 spiro atoms. The highest BCUT2D eigenvalue weighted by Gasteiger charge is 2.18. The number of Topliss-reactive ketones (excluding diaryl/α,β-unsaturated/α-hetero) is 1. The van der Waals surface area contributed by atoms with Crippen LogP contribution in [0.5, 0.6) is 17.2 Å². The molecular weight excluding hydrogens is 412 g/mol. The smallest absolute Gasteiger partial charge is 0.260 e. The van der Waals surface area contributed by atoms with E-state index in [0.29, 0.717) is 54.7 Å². The zero-order valence-electron chi connectivity index (χ0n) is 18.0. The van der Waals surface area contributed by atoms with Crippen molar-refractivity contribution in [3.8, 4) is 23.3 Å². The van der Waals surface area contributed by atoms with Crippen molar-refractivity contribution in [3.63, 3.8) is 0 Å². The summed E-state index contributed by atoms with van der Waals surface area (Å²) in [4.78, 5) is 26.7. The summed E-state index contributed by atoms with van der Waals surface area (Å²) in [6, 6.07) is 13.5. The molecule has 0 aromatic heterocycles. The number of methoxy groups -OCH3 is 2. The molecule has 32 heavy (non-hydrogen) atoms. The van der Waals surface area contributed by atoms with E-state index in [4.69, 9.17) is 18.9 Å². The number of nitrogens with zero attached hydrogens (tertiary/aromatic N) is 2. The van der Waals surface area contributed by atoms with Crippen LogP contribution in [0.3, 0.4) is 0 Å². The standard InChI is InChI=1S/C24H24N2O6/c1-29-20-5-3-4-18(14-20)24(28)19(15-25)12-17-6-7-21(22(13-17)30-2)32-16-23(27)26-8-10-31-11-9-26/h3-7,12-14H,8-11,16H2,1-2H3/b19-12+. The number of hydrogen-bond acceptors (Lipinski definition) is 7. The summed E-state index contributed by atoms with van der Waals surface area (Å²) >= 11 is 0. The van der Waals surface area contributed by atoms with Gasteiger partial charge in [0.25, 0.3) is 5.91 Å².